The number of methoxy groups -OCH3 is 1. The van der Waals surface area contributed by atoms with Crippen LogP contribution in [-0.4, -0.2) is 31.0 Å². The average molecular weight is 539 g/mol. The van der Waals surface area contributed by atoms with Crippen LogP contribution in [0.3, 0.4) is 0 Å². The molecular formula is C26H19F6NO5. The molecule has 3 aromatic carbocycles. The van der Waals surface area contributed by atoms with E-state index < -0.39 is 47.4 Å². The van der Waals surface area contributed by atoms with Crippen molar-refractivity contribution in [1.82, 2.24) is 5.32 Å². The number of rotatable bonds is 7. The number of carbonyl (C=O) groups excluding carboxylic acids is 3. The van der Waals surface area contributed by atoms with Crippen molar-refractivity contribution in [2.45, 2.75) is 24.8 Å². The molecule has 12 heteroatoms. The van der Waals surface area contributed by atoms with E-state index >= 15 is 0 Å². The van der Waals surface area contributed by atoms with Crippen LogP contribution >= 0.6 is 0 Å². The van der Waals surface area contributed by atoms with Crippen LogP contribution in [0.25, 0.3) is 0 Å². The lowest BCUT2D eigenvalue weighted by atomic mass is 10.0. The Kier molecular flexibility index (Phi) is 8.44. The van der Waals surface area contributed by atoms with Crippen molar-refractivity contribution < 1.29 is 50.2 Å². The molecule has 3 rings (SSSR count). The largest absolute Gasteiger partial charge is 0.467 e. The van der Waals surface area contributed by atoms with Crippen molar-refractivity contribution in [3.63, 3.8) is 0 Å². The lowest BCUT2D eigenvalue weighted by molar-refractivity contribution is -0.143. The lowest BCUT2D eigenvalue weighted by Gasteiger charge is -2.17. The minimum atomic E-state index is -4.57. The molecule has 0 aliphatic rings. The average Bonchev–Trinajstić information content (AvgIpc) is 2.88. The molecule has 1 N–H and O–H groups in total. The van der Waals surface area contributed by atoms with E-state index in [2.05, 4.69) is 5.32 Å². The van der Waals surface area contributed by atoms with Gasteiger partial charge in [-0.05, 0) is 66.2 Å². The summed E-state index contributed by atoms with van der Waals surface area (Å²) in [6, 6.07) is 11.5. The van der Waals surface area contributed by atoms with Crippen LogP contribution in [0.15, 0.2) is 72.8 Å². The molecule has 0 heterocycles. The fourth-order valence-corrected chi connectivity index (χ4v) is 3.28. The highest BCUT2D eigenvalue weighted by Crippen LogP contribution is 2.30. The highest BCUT2D eigenvalue weighted by Gasteiger charge is 2.31. The van der Waals surface area contributed by atoms with Gasteiger partial charge in [0.25, 0.3) is 5.91 Å². The maximum Gasteiger partial charge on any atom is 0.416 e. The summed E-state index contributed by atoms with van der Waals surface area (Å²) in [7, 11) is 1.10. The van der Waals surface area contributed by atoms with Crippen molar-refractivity contribution in [2.24, 2.45) is 0 Å². The zero-order valence-corrected chi connectivity index (χ0v) is 19.5. The van der Waals surface area contributed by atoms with Gasteiger partial charge < -0.3 is 14.8 Å². The minimum Gasteiger partial charge on any atom is -0.467 e. The molecule has 0 saturated carbocycles. The molecule has 0 saturated heterocycles. The molecule has 0 spiro atoms. The molecule has 0 radical (unpaired) electrons. The van der Waals surface area contributed by atoms with Crippen LogP contribution in [0.1, 0.15) is 37.4 Å². The van der Waals surface area contributed by atoms with Gasteiger partial charge in [0.15, 0.2) is 0 Å². The van der Waals surface area contributed by atoms with Crippen LogP contribution in [0.5, 0.6) is 5.75 Å². The van der Waals surface area contributed by atoms with Crippen molar-refractivity contribution in [1.29, 1.82) is 0 Å². The third-order valence-corrected chi connectivity index (χ3v) is 5.29. The number of nitrogens with one attached hydrogen (secondary N) is 1. The highest BCUT2D eigenvalue weighted by molar-refractivity contribution is 5.97. The van der Waals surface area contributed by atoms with Crippen LogP contribution in [0, 0.1) is 0 Å². The Morgan fingerprint density at radius 3 is 1.66 bits per heavy atom. The zero-order chi connectivity index (χ0) is 28.1. The van der Waals surface area contributed by atoms with Gasteiger partial charge in [-0.25, -0.2) is 9.59 Å². The lowest BCUT2D eigenvalue weighted by Crippen LogP contribution is -2.43. The normalized spacial score (nSPS) is 12.4. The van der Waals surface area contributed by atoms with E-state index in [0.717, 1.165) is 55.6 Å². The molecule has 0 aromatic heterocycles. The minimum absolute atomic E-state index is 0.0633. The van der Waals surface area contributed by atoms with Gasteiger partial charge in [-0.15, -0.1) is 0 Å². The van der Waals surface area contributed by atoms with Crippen molar-refractivity contribution in [3.8, 4) is 5.75 Å². The monoisotopic (exact) mass is 539 g/mol. The first kappa shape index (κ1) is 28.2. The van der Waals surface area contributed by atoms with Crippen LogP contribution in [0.2, 0.25) is 0 Å². The topological polar surface area (TPSA) is 81.7 Å². The number of hydrogen-bond acceptors (Lipinski definition) is 5. The van der Waals surface area contributed by atoms with Gasteiger partial charge in [-0.3, -0.25) is 4.79 Å². The summed E-state index contributed by atoms with van der Waals surface area (Å²) in [6.07, 6.45) is -9.18. The highest BCUT2D eigenvalue weighted by atomic mass is 19.4. The second kappa shape index (κ2) is 11.4. The number of carbonyl (C=O) groups is 3. The molecule has 0 aliphatic carbocycles. The summed E-state index contributed by atoms with van der Waals surface area (Å²) in [5.41, 5.74) is -1.54. The Bertz CT molecular complexity index is 1280. The molecule has 0 aliphatic heterocycles. The van der Waals surface area contributed by atoms with E-state index in [1.54, 1.807) is 0 Å². The Morgan fingerprint density at radius 2 is 1.21 bits per heavy atom. The number of benzene rings is 3. The summed E-state index contributed by atoms with van der Waals surface area (Å²) < 4.78 is 86.1. The second-order valence-electron chi connectivity index (χ2n) is 7.94. The van der Waals surface area contributed by atoms with Gasteiger partial charge in [0.05, 0.1) is 23.8 Å². The predicted molar refractivity (Wildman–Crippen MR) is 121 cm³/mol. The molecule has 0 fully saturated rings. The maximum atomic E-state index is 12.7. The molecule has 3 aromatic rings. The van der Waals surface area contributed by atoms with Gasteiger partial charge >= 0.3 is 24.3 Å². The van der Waals surface area contributed by atoms with Gasteiger partial charge in [0, 0.05) is 12.0 Å². The first-order valence-electron chi connectivity index (χ1n) is 10.8. The molecular weight excluding hydrogens is 520 g/mol. The standard InChI is InChI=1S/C26H19F6NO5/c1-37-24(36)21(33-22(34)16-4-8-18(9-5-16)25(27,28)29)14-15-2-12-20(13-3-15)38-23(35)17-6-10-19(11-7-17)26(30,31)32/h2-13,21H,14H2,1H3,(H,33,34). The van der Waals surface area contributed by atoms with Crippen LogP contribution in [-0.2, 0) is 28.3 Å². The van der Waals surface area contributed by atoms with Crippen molar-refractivity contribution >= 4 is 17.8 Å². The fourth-order valence-electron chi connectivity index (χ4n) is 3.28. The van der Waals surface area contributed by atoms with Gasteiger partial charge in [-0.2, -0.15) is 26.3 Å². The molecule has 200 valence electrons. The van der Waals surface area contributed by atoms with E-state index in [4.69, 9.17) is 9.47 Å². The third-order valence-electron chi connectivity index (χ3n) is 5.29. The van der Waals surface area contributed by atoms with Gasteiger partial charge in [0.1, 0.15) is 11.8 Å². The Hall–Kier alpha value is -4.35. The van der Waals surface area contributed by atoms with E-state index in [9.17, 15) is 40.7 Å². The molecule has 1 unspecified atom stereocenters. The summed E-state index contributed by atoms with van der Waals surface area (Å²) in [5.74, 6) is -2.41. The third kappa shape index (κ3) is 7.34. The molecule has 6 nitrogen and oxygen atoms in total. The first-order valence-corrected chi connectivity index (χ1v) is 10.8. The van der Waals surface area contributed by atoms with Crippen molar-refractivity contribution in [2.75, 3.05) is 7.11 Å². The van der Waals surface area contributed by atoms with Crippen LogP contribution in [0.4, 0.5) is 26.3 Å². The number of halogens is 6. The van der Waals surface area contributed by atoms with Crippen LogP contribution < -0.4 is 10.1 Å². The Morgan fingerprint density at radius 1 is 0.737 bits per heavy atom. The number of alkyl halides is 6. The Balaban J connectivity index is 1.65. The first-order chi connectivity index (χ1) is 17.8. The number of hydrogen-bond donors (Lipinski definition) is 1. The van der Waals surface area contributed by atoms with E-state index in [0.29, 0.717) is 5.56 Å². The molecule has 38 heavy (non-hydrogen) atoms. The quantitative estimate of drug-likeness (QED) is 0.245. The summed E-state index contributed by atoms with van der Waals surface area (Å²) in [4.78, 5) is 36.9. The van der Waals surface area contributed by atoms with E-state index in [1.807, 2.05) is 0 Å². The smallest absolute Gasteiger partial charge is 0.416 e. The molecule has 1 amide bonds. The van der Waals surface area contributed by atoms with Gasteiger partial charge in [-0.1, -0.05) is 12.1 Å². The fraction of sp³-hybridized carbons (Fsp3) is 0.192. The Labute approximate surface area is 212 Å². The predicted octanol–water partition coefficient (Wildman–Crippen LogP) is 5.46. The number of amides is 1. The SMILES string of the molecule is COC(=O)C(Cc1ccc(OC(=O)c2ccc(C(F)(F)F)cc2)cc1)NC(=O)c1ccc(C(F)(F)F)cc1. The summed E-state index contributed by atoms with van der Waals surface area (Å²) in [5, 5.41) is 2.41. The second-order valence-corrected chi connectivity index (χ2v) is 7.94. The summed E-state index contributed by atoms with van der Waals surface area (Å²) >= 11 is 0. The number of esters is 2. The zero-order valence-electron chi connectivity index (χ0n) is 19.5. The summed E-state index contributed by atoms with van der Waals surface area (Å²) in [6.45, 7) is 0. The molecule has 1 atom stereocenters. The van der Waals surface area contributed by atoms with Crippen molar-refractivity contribution in [3.05, 3.63) is 101 Å². The van der Waals surface area contributed by atoms with E-state index in [-0.39, 0.29) is 23.3 Å². The van der Waals surface area contributed by atoms with E-state index in [1.165, 1.54) is 24.3 Å². The number of ether oxygens (including phenoxy) is 2. The van der Waals surface area contributed by atoms with Gasteiger partial charge in [0.2, 0.25) is 0 Å². The maximum absolute atomic E-state index is 12.7. The molecule has 0 bridgehead atoms.